The van der Waals surface area contributed by atoms with Crippen LogP contribution in [0.3, 0.4) is 0 Å². The number of unbranched alkanes of at least 4 members (excludes halogenated alkanes) is 6. The zero-order valence-corrected chi connectivity index (χ0v) is 23.5. The molecule has 0 atom stereocenters. The van der Waals surface area contributed by atoms with Gasteiger partial charge in [-0.25, -0.2) is 4.79 Å². The molecule has 0 fully saturated rings. The van der Waals surface area contributed by atoms with Crippen LogP contribution in [0.25, 0.3) is 0 Å². The third-order valence-corrected chi connectivity index (χ3v) is 6.54. The molecule has 1 rings (SSSR count). The van der Waals surface area contributed by atoms with Crippen molar-refractivity contribution in [3.05, 3.63) is 29.8 Å². The highest BCUT2D eigenvalue weighted by Crippen LogP contribution is 2.64. The Morgan fingerprint density at radius 3 is 1.41 bits per heavy atom. The molecule has 3 nitrogen and oxygen atoms in total. The Balaban J connectivity index is 2.92. The van der Waals surface area contributed by atoms with Crippen LogP contribution in [0, 0.1) is 0 Å². The molecule has 0 aliphatic rings. The molecule has 0 amide bonds. The largest absolute Gasteiger partial charge is 0.493 e. The van der Waals surface area contributed by atoms with E-state index in [9.17, 15) is 79.4 Å². The summed E-state index contributed by atoms with van der Waals surface area (Å²) in [5.41, 5.74) is -0.122. The summed E-state index contributed by atoms with van der Waals surface area (Å²) in [6.45, 7) is 0.310. The number of benzene rings is 1. The van der Waals surface area contributed by atoms with E-state index in [1.54, 1.807) is 0 Å². The molecule has 0 aliphatic carbocycles. The van der Waals surface area contributed by atoms with Gasteiger partial charge in [0.25, 0.3) is 0 Å². The van der Waals surface area contributed by atoms with Crippen molar-refractivity contribution in [3.63, 3.8) is 0 Å². The third kappa shape index (κ3) is 8.05. The maximum Gasteiger partial charge on any atom is 0.460 e. The first kappa shape index (κ1) is 41.3. The fourth-order valence-corrected chi connectivity index (χ4v) is 3.65. The van der Waals surface area contributed by atoms with Gasteiger partial charge in [0.05, 0.1) is 25.2 Å². The maximum absolute atomic E-state index is 14.0. The number of carbonyl (C=O) groups excluding carboxylic acids is 1. The summed E-state index contributed by atoms with van der Waals surface area (Å²) in [7, 11) is 0. The first-order valence-corrected chi connectivity index (χ1v) is 13.3. The first-order chi connectivity index (χ1) is 20.7. The van der Waals surface area contributed by atoms with Crippen LogP contribution in [0.5, 0.6) is 5.75 Å². The van der Waals surface area contributed by atoms with E-state index in [1.807, 2.05) is 6.92 Å². The number of rotatable bonds is 19. The van der Waals surface area contributed by atoms with Gasteiger partial charge in [0.1, 0.15) is 5.75 Å². The quantitative estimate of drug-likeness (QED) is 0.0815. The summed E-state index contributed by atoms with van der Waals surface area (Å²) in [4.78, 5) is 12.0. The molecule has 1 aromatic carbocycles. The standard InChI is InChI=1S/C26H27F17O3/c1-2-3-4-5-6-7-8-14-46-18(44)16-9-11-17(12-10-16)45-15-13-19(27,28)20(29,30)21(31,32)22(33,34)23(35,36)24(37,38)25(39,40)26(41,42)43/h9-12H,2-8,13-15H2,1H3. The average Bonchev–Trinajstić information content (AvgIpc) is 2.93. The van der Waals surface area contributed by atoms with Crippen molar-refractivity contribution >= 4 is 5.97 Å². The number of ether oxygens (including phenoxy) is 2. The Kier molecular flexibility index (Phi) is 13.1. The zero-order chi connectivity index (χ0) is 36.0. The van der Waals surface area contributed by atoms with Gasteiger partial charge in [0.2, 0.25) is 0 Å². The van der Waals surface area contributed by atoms with Crippen molar-refractivity contribution < 1.29 is 88.9 Å². The van der Waals surface area contributed by atoms with E-state index >= 15 is 0 Å². The van der Waals surface area contributed by atoms with Gasteiger partial charge in [-0.1, -0.05) is 45.4 Å². The molecule has 0 bridgehead atoms. The highest BCUT2D eigenvalue weighted by Gasteiger charge is 2.95. The van der Waals surface area contributed by atoms with Crippen molar-refractivity contribution in [2.24, 2.45) is 0 Å². The Morgan fingerprint density at radius 2 is 0.957 bits per heavy atom. The van der Waals surface area contributed by atoms with Crippen LogP contribution in [0.2, 0.25) is 0 Å². The number of hydrogen-bond donors (Lipinski definition) is 0. The smallest absolute Gasteiger partial charge is 0.460 e. The first-order valence-electron chi connectivity index (χ1n) is 13.3. The van der Waals surface area contributed by atoms with Crippen LogP contribution < -0.4 is 4.74 Å². The highest BCUT2D eigenvalue weighted by atomic mass is 19.4. The molecule has 46 heavy (non-hydrogen) atoms. The number of esters is 1. The Morgan fingerprint density at radius 1 is 0.543 bits per heavy atom. The van der Waals surface area contributed by atoms with Gasteiger partial charge in [0, 0.05) is 0 Å². The monoisotopic (exact) mass is 710 g/mol. The van der Waals surface area contributed by atoms with Crippen LogP contribution >= 0.6 is 0 Å². The average molecular weight is 710 g/mol. The Labute approximate surface area is 250 Å². The van der Waals surface area contributed by atoms with Crippen LogP contribution in [0.4, 0.5) is 74.6 Å². The van der Waals surface area contributed by atoms with Crippen molar-refractivity contribution in [1.29, 1.82) is 0 Å². The number of halogens is 17. The second kappa shape index (κ2) is 14.6. The maximum atomic E-state index is 14.0. The molecule has 0 unspecified atom stereocenters. The topological polar surface area (TPSA) is 35.5 Å². The van der Waals surface area contributed by atoms with Crippen molar-refractivity contribution in [1.82, 2.24) is 0 Å². The van der Waals surface area contributed by atoms with Gasteiger partial charge in [-0.15, -0.1) is 0 Å². The molecule has 268 valence electrons. The van der Waals surface area contributed by atoms with Gasteiger partial charge in [-0.3, -0.25) is 0 Å². The summed E-state index contributed by atoms with van der Waals surface area (Å²) in [6, 6.07) is 3.66. The molecule has 0 radical (unpaired) electrons. The van der Waals surface area contributed by atoms with E-state index in [-0.39, 0.29) is 12.2 Å². The lowest BCUT2D eigenvalue weighted by Gasteiger charge is -2.42. The zero-order valence-electron chi connectivity index (χ0n) is 23.5. The SMILES string of the molecule is CCCCCCCCCOC(=O)c1ccc(OCCC(F)(F)C(F)(F)C(F)(F)C(F)(F)C(F)(F)C(F)(F)C(F)(F)C(F)(F)F)cc1. The minimum atomic E-state index is -8.67. The number of carbonyl (C=O) groups is 1. The summed E-state index contributed by atoms with van der Waals surface area (Å²) in [6.07, 6.45) is -4.08. The third-order valence-electron chi connectivity index (χ3n) is 6.54. The molecule has 20 heteroatoms. The second-order valence-corrected chi connectivity index (χ2v) is 10.0. The summed E-state index contributed by atoms with van der Waals surface area (Å²) >= 11 is 0. The second-order valence-electron chi connectivity index (χ2n) is 10.0. The lowest BCUT2D eigenvalue weighted by molar-refractivity contribution is -0.461. The van der Waals surface area contributed by atoms with E-state index in [1.165, 1.54) is 0 Å². The van der Waals surface area contributed by atoms with Crippen molar-refractivity contribution in [3.8, 4) is 5.75 Å². The predicted molar refractivity (Wildman–Crippen MR) is 126 cm³/mol. The molecular formula is C26H27F17O3. The molecule has 0 aromatic heterocycles. The predicted octanol–water partition coefficient (Wildman–Crippen LogP) is 10.4. The van der Waals surface area contributed by atoms with Crippen molar-refractivity contribution in [2.75, 3.05) is 13.2 Å². The lowest BCUT2D eigenvalue weighted by Crippen LogP contribution is -2.74. The van der Waals surface area contributed by atoms with Crippen LogP contribution in [0.1, 0.15) is 68.6 Å². The van der Waals surface area contributed by atoms with E-state index in [2.05, 4.69) is 4.74 Å². The number of alkyl halides is 17. The van der Waals surface area contributed by atoms with E-state index in [4.69, 9.17) is 4.74 Å². The molecule has 0 saturated carbocycles. The van der Waals surface area contributed by atoms with Crippen LogP contribution in [0.15, 0.2) is 24.3 Å². The summed E-state index contributed by atoms with van der Waals surface area (Å²) < 4.78 is 236. The van der Waals surface area contributed by atoms with E-state index in [0.29, 0.717) is 6.42 Å². The van der Waals surface area contributed by atoms with Gasteiger partial charge < -0.3 is 9.47 Å². The molecular weight excluding hydrogens is 683 g/mol. The van der Waals surface area contributed by atoms with Gasteiger partial charge in [-0.05, 0) is 30.7 Å². The summed E-state index contributed by atoms with van der Waals surface area (Å²) in [5.74, 6) is -58.1. The Hall–Kier alpha value is -2.70. The van der Waals surface area contributed by atoms with Crippen molar-refractivity contribution in [2.45, 2.75) is 106 Å². The molecule has 1 aromatic rings. The van der Waals surface area contributed by atoms with E-state index in [0.717, 1.165) is 62.8 Å². The highest BCUT2D eigenvalue weighted by molar-refractivity contribution is 5.89. The fourth-order valence-electron chi connectivity index (χ4n) is 3.65. The Bertz CT molecular complexity index is 1120. The van der Waals surface area contributed by atoms with Gasteiger partial charge >= 0.3 is 53.6 Å². The summed E-state index contributed by atoms with van der Waals surface area (Å²) in [5, 5.41) is 0. The minimum Gasteiger partial charge on any atom is -0.493 e. The molecule has 0 saturated heterocycles. The fraction of sp³-hybridized carbons (Fsp3) is 0.731. The lowest BCUT2D eigenvalue weighted by atomic mass is 9.88. The normalized spacial score (nSPS) is 14.4. The number of hydrogen-bond acceptors (Lipinski definition) is 3. The molecule has 0 heterocycles. The molecule has 0 N–H and O–H groups in total. The van der Waals surface area contributed by atoms with Crippen LogP contribution in [-0.4, -0.2) is 66.8 Å². The van der Waals surface area contributed by atoms with Crippen LogP contribution in [-0.2, 0) is 4.74 Å². The minimum absolute atomic E-state index is 0.0478. The van der Waals surface area contributed by atoms with Gasteiger partial charge in [0.15, 0.2) is 0 Å². The van der Waals surface area contributed by atoms with Gasteiger partial charge in [-0.2, -0.15) is 74.6 Å². The molecule has 0 spiro atoms. The molecule has 0 aliphatic heterocycles. The van der Waals surface area contributed by atoms with E-state index < -0.39 is 72.4 Å².